The molecule has 1 fully saturated rings. The van der Waals surface area contributed by atoms with Gasteiger partial charge in [0.15, 0.2) is 11.6 Å². The van der Waals surface area contributed by atoms with Gasteiger partial charge >= 0.3 is 0 Å². The third-order valence-electron chi connectivity index (χ3n) is 4.69. The Morgan fingerprint density at radius 1 is 1.28 bits per heavy atom. The van der Waals surface area contributed by atoms with Crippen molar-refractivity contribution in [3.8, 4) is 5.82 Å². The van der Waals surface area contributed by atoms with Gasteiger partial charge in [-0.15, -0.1) is 0 Å². The lowest BCUT2D eigenvalue weighted by molar-refractivity contribution is 0.0922. The molecule has 11 heteroatoms. The molecule has 29 heavy (non-hydrogen) atoms. The van der Waals surface area contributed by atoms with Gasteiger partial charge in [0.25, 0.3) is 5.91 Å². The van der Waals surface area contributed by atoms with E-state index >= 15 is 0 Å². The van der Waals surface area contributed by atoms with E-state index < -0.39 is 15.9 Å². The van der Waals surface area contributed by atoms with E-state index in [0.717, 1.165) is 18.4 Å². The molecular weight excluding hydrogens is 396 g/mol. The van der Waals surface area contributed by atoms with Gasteiger partial charge in [-0.2, -0.15) is 9.40 Å². The van der Waals surface area contributed by atoms with Crippen molar-refractivity contribution in [2.45, 2.75) is 31.2 Å². The van der Waals surface area contributed by atoms with E-state index in [1.54, 1.807) is 25.3 Å². The Kier molecular flexibility index (Phi) is 5.16. The van der Waals surface area contributed by atoms with Gasteiger partial charge in [0.1, 0.15) is 23.3 Å². The Balaban J connectivity index is 1.43. The molecule has 1 saturated heterocycles. The first-order valence-electron chi connectivity index (χ1n) is 9.14. The van der Waals surface area contributed by atoms with Crippen LogP contribution in [0, 0.1) is 6.92 Å². The topological polar surface area (TPSA) is 123 Å². The SMILES string of the molecule is Cc1oc(C(=O)NCc2ccc(-n3cncn3)nc2)cc1S(=O)(=O)N1CCCC1. The fourth-order valence-corrected chi connectivity index (χ4v) is 4.83. The van der Waals surface area contributed by atoms with Crippen LogP contribution in [0.3, 0.4) is 0 Å². The van der Waals surface area contributed by atoms with E-state index in [4.69, 9.17) is 4.42 Å². The first-order valence-corrected chi connectivity index (χ1v) is 10.6. The highest BCUT2D eigenvalue weighted by Gasteiger charge is 2.31. The van der Waals surface area contributed by atoms with Crippen molar-refractivity contribution in [1.82, 2.24) is 29.4 Å². The van der Waals surface area contributed by atoms with E-state index in [1.165, 1.54) is 27.7 Å². The van der Waals surface area contributed by atoms with E-state index in [2.05, 4.69) is 20.4 Å². The molecule has 4 heterocycles. The Bertz CT molecular complexity index is 1100. The van der Waals surface area contributed by atoms with Crippen LogP contribution >= 0.6 is 0 Å². The average Bonchev–Trinajstić information content (AvgIpc) is 3.48. The molecule has 3 aromatic heterocycles. The highest BCUT2D eigenvalue weighted by molar-refractivity contribution is 7.89. The zero-order valence-electron chi connectivity index (χ0n) is 15.8. The number of sulfonamides is 1. The molecule has 1 N–H and O–H groups in total. The summed E-state index contributed by atoms with van der Waals surface area (Å²) in [5.41, 5.74) is 0.774. The van der Waals surface area contributed by atoms with Gasteiger partial charge in [0, 0.05) is 31.9 Å². The highest BCUT2D eigenvalue weighted by Crippen LogP contribution is 2.26. The highest BCUT2D eigenvalue weighted by atomic mass is 32.2. The predicted octanol–water partition coefficient (Wildman–Crippen LogP) is 1.28. The summed E-state index contributed by atoms with van der Waals surface area (Å²) in [6.45, 7) is 2.75. The number of carbonyl (C=O) groups excluding carboxylic acids is 1. The molecule has 4 rings (SSSR count). The molecule has 0 atom stereocenters. The number of carbonyl (C=O) groups is 1. The van der Waals surface area contributed by atoms with Gasteiger partial charge < -0.3 is 9.73 Å². The van der Waals surface area contributed by atoms with Crippen LogP contribution in [0.15, 0.2) is 46.4 Å². The largest absolute Gasteiger partial charge is 0.455 e. The second kappa shape index (κ2) is 7.76. The van der Waals surface area contributed by atoms with Gasteiger partial charge in [-0.1, -0.05) is 6.07 Å². The van der Waals surface area contributed by atoms with Crippen molar-refractivity contribution in [1.29, 1.82) is 0 Å². The molecule has 3 aromatic rings. The normalized spacial score (nSPS) is 14.9. The number of pyridine rings is 1. The second-order valence-corrected chi connectivity index (χ2v) is 8.60. The van der Waals surface area contributed by atoms with E-state index in [9.17, 15) is 13.2 Å². The van der Waals surface area contributed by atoms with Gasteiger partial charge in [-0.3, -0.25) is 4.79 Å². The molecule has 0 bridgehead atoms. The van der Waals surface area contributed by atoms with Crippen molar-refractivity contribution in [3.63, 3.8) is 0 Å². The summed E-state index contributed by atoms with van der Waals surface area (Å²) >= 11 is 0. The molecule has 0 aromatic carbocycles. The van der Waals surface area contributed by atoms with Crippen LogP contribution in [0.2, 0.25) is 0 Å². The number of nitrogens with zero attached hydrogens (tertiary/aromatic N) is 5. The minimum Gasteiger partial charge on any atom is -0.455 e. The number of aromatic nitrogens is 4. The van der Waals surface area contributed by atoms with Crippen LogP contribution in [-0.2, 0) is 16.6 Å². The number of hydrogen-bond acceptors (Lipinski definition) is 7. The maximum absolute atomic E-state index is 12.7. The standard InChI is InChI=1S/C18H20N6O4S/c1-13-16(29(26,27)23-6-2-3-7-23)8-15(28-13)18(25)21-10-14-4-5-17(20-9-14)24-12-19-11-22-24/h4-5,8-9,11-12H,2-3,6-7,10H2,1H3,(H,21,25). The first-order chi connectivity index (χ1) is 13.9. The molecular formula is C18H20N6O4S. The van der Waals surface area contributed by atoms with Crippen molar-refractivity contribution in [3.05, 3.63) is 54.1 Å². The van der Waals surface area contributed by atoms with Gasteiger partial charge in [-0.25, -0.2) is 23.1 Å². The zero-order valence-corrected chi connectivity index (χ0v) is 16.6. The Morgan fingerprint density at radius 2 is 2.07 bits per heavy atom. The van der Waals surface area contributed by atoms with Gasteiger partial charge in [-0.05, 0) is 31.4 Å². The Morgan fingerprint density at radius 3 is 2.72 bits per heavy atom. The van der Waals surface area contributed by atoms with Crippen molar-refractivity contribution in [2.75, 3.05) is 13.1 Å². The minimum absolute atomic E-state index is 0.0348. The quantitative estimate of drug-likeness (QED) is 0.642. The molecule has 10 nitrogen and oxygen atoms in total. The number of aryl methyl sites for hydroxylation is 1. The molecule has 0 spiro atoms. The number of nitrogens with one attached hydrogen (secondary N) is 1. The van der Waals surface area contributed by atoms with Crippen molar-refractivity contribution >= 4 is 15.9 Å². The lowest BCUT2D eigenvalue weighted by Crippen LogP contribution is -2.28. The third-order valence-corrected chi connectivity index (χ3v) is 6.70. The molecule has 0 radical (unpaired) electrons. The number of rotatable bonds is 6. The van der Waals surface area contributed by atoms with E-state index in [1.807, 2.05) is 0 Å². The number of amides is 1. The number of hydrogen-bond donors (Lipinski definition) is 1. The number of furan rings is 1. The first kappa shape index (κ1) is 19.3. The molecule has 1 amide bonds. The van der Waals surface area contributed by atoms with Crippen molar-refractivity contribution in [2.24, 2.45) is 0 Å². The summed E-state index contributed by atoms with van der Waals surface area (Å²) in [4.78, 5) is 20.6. The minimum atomic E-state index is -3.64. The molecule has 152 valence electrons. The summed E-state index contributed by atoms with van der Waals surface area (Å²) in [6, 6.07) is 4.86. The monoisotopic (exact) mass is 416 g/mol. The maximum Gasteiger partial charge on any atom is 0.287 e. The van der Waals surface area contributed by atoms with Gasteiger partial charge in [0.05, 0.1) is 0 Å². The molecule has 1 aliphatic rings. The molecule has 0 saturated carbocycles. The summed E-state index contributed by atoms with van der Waals surface area (Å²) < 4.78 is 33.8. The molecule has 1 aliphatic heterocycles. The predicted molar refractivity (Wildman–Crippen MR) is 102 cm³/mol. The Labute approximate surface area is 167 Å². The van der Waals surface area contributed by atoms with Crippen LogP contribution in [-0.4, -0.2) is 51.5 Å². The lowest BCUT2D eigenvalue weighted by atomic mass is 10.2. The summed E-state index contributed by atoms with van der Waals surface area (Å²) in [6.07, 6.45) is 6.25. The smallest absolute Gasteiger partial charge is 0.287 e. The van der Waals surface area contributed by atoms with Gasteiger partial charge in [0.2, 0.25) is 10.0 Å². The van der Waals surface area contributed by atoms with E-state index in [-0.39, 0.29) is 23.0 Å². The fourth-order valence-electron chi connectivity index (χ4n) is 3.15. The lowest BCUT2D eigenvalue weighted by Gasteiger charge is -2.14. The van der Waals surface area contributed by atoms with Crippen LogP contribution in [0.1, 0.15) is 34.7 Å². The second-order valence-electron chi connectivity index (χ2n) is 6.69. The molecule has 0 aliphatic carbocycles. The molecule has 0 unspecified atom stereocenters. The summed E-state index contributed by atoms with van der Waals surface area (Å²) in [5, 5.41) is 6.71. The van der Waals surface area contributed by atoms with Crippen LogP contribution in [0.25, 0.3) is 5.82 Å². The van der Waals surface area contributed by atoms with Crippen LogP contribution < -0.4 is 5.32 Å². The Hall–Kier alpha value is -3.05. The summed E-state index contributed by atoms with van der Waals surface area (Å²) in [7, 11) is -3.64. The zero-order chi connectivity index (χ0) is 20.4. The van der Waals surface area contributed by atoms with Crippen molar-refractivity contribution < 1.29 is 17.6 Å². The van der Waals surface area contributed by atoms with E-state index in [0.29, 0.717) is 18.9 Å². The van der Waals surface area contributed by atoms with Crippen LogP contribution in [0.4, 0.5) is 0 Å². The fraction of sp³-hybridized carbons (Fsp3) is 0.333. The summed E-state index contributed by atoms with van der Waals surface area (Å²) in [5.74, 6) is 0.292. The maximum atomic E-state index is 12.7. The third kappa shape index (κ3) is 3.91. The van der Waals surface area contributed by atoms with Crippen LogP contribution in [0.5, 0.6) is 0 Å². The average molecular weight is 416 g/mol.